The smallest absolute Gasteiger partial charge is 0.229 e. The molecule has 0 bridgehead atoms. The summed E-state index contributed by atoms with van der Waals surface area (Å²) >= 11 is 9.34. The molecule has 1 fully saturated rings. The van der Waals surface area contributed by atoms with Crippen LogP contribution in [0.25, 0.3) is 10.2 Å². The maximum atomic E-state index is 12.5. The van der Waals surface area contributed by atoms with Crippen LogP contribution in [0.15, 0.2) is 18.2 Å². The summed E-state index contributed by atoms with van der Waals surface area (Å²) in [4.78, 5) is 18.7. The van der Waals surface area contributed by atoms with Gasteiger partial charge in [0.05, 0.1) is 10.2 Å². The molecular weight excluding hydrogens is 324 g/mol. The summed E-state index contributed by atoms with van der Waals surface area (Å²) in [6, 6.07) is 5.64. The molecule has 1 saturated carbocycles. The van der Waals surface area contributed by atoms with E-state index in [1.165, 1.54) is 24.2 Å². The van der Waals surface area contributed by atoms with Crippen molar-refractivity contribution in [1.82, 2.24) is 4.98 Å². The van der Waals surface area contributed by atoms with Crippen molar-refractivity contribution in [2.24, 2.45) is 5.41 Å². The Labute approximate surface area is 137 Å². The normalized spacial score (nSPS) is 16.1. The molecule has 1 amide bonds. The SMILES string of the molecule is CSCC1(CC(=O)N(C)c2nc3cc(Cl)ccc3s2)CC1. The fourth-order valence-corrected chi connectivity index (χ4v) is 4.53. The van der Waals surface area contributed by atoms with E-state index in [9.17, 15) is 4.79 Å². The summed E-state index contributed by atoms with van der Waals surface area (Å²) in [6.07, 6.45) is 5.07. The zero-order chi connectivity index (χ0) is 15.0. The van der Waals surface area contributed by atoms with Gasteiger partial charge in [0.25, 0.3) is 0 Å². The van der Waals surface area contributed by atoms with Crippen molar-refractivity contribution >= 4 is 56.0 Å². The third-order valence-electron chi connectivity index (χ3n) is 3.93. The number of hydrogen-bond donors (Lipinski definition) is 0. The van der Waals surface area contributed by atoms with Gasteiger partial charge < -0.3 is 0 Å². The summed E-state index contributed by atoms with van der Waals surface area (Å²) < 4.78 is 1.05. The Morgan fingerprint density at radius 3 is 2.95 bits per heavy atom. The molecule has 0 radical (unpaired) electrons. The highest BCUT2D eigenvalue weighted by Gasteiger charge is 2.44. The predicted molar refractivity (Wildman–Crippen MR) is 92.7 cm³/mol. The van der Waals surface area contributed by atoms with E-state index in [2.05, 4.69) is 11.2 Å². The molecule has 21 heavy (non-hydrogen) atoms. The van der Waals surface area contributed by atoms with Crippen molar-refractivity contribution in [2.45, 2.75) is 19.3 Å². The summed E-state index contributed by atoms with van der Waals surface area (Å²) in [7, 11) is 1.82. The van der Waals surface area contributed by atoms with Crippen molar-refractivity contribution in [3.8, 4) is 0 Å². The number of benzene rings is 1. The predicted octanol–water partition coefficient (Wildman–Crippen LogP) is 4.45. The molecule has 0 aliphatic heterocycles. The van der Waals surface area contributed by atoms with Crippen LogP contribution in [0, 0.1) is 5.41 Å². The maximum absolute atomic E-state index is 12.5. The third-order valence-corrected chi connectivity index (χ3v) is 6.18. The molecule has 1 aromatic carbocycles. The van der Waals surface area contributed by atoms with E-state index in [1.54, 1.807) is 4.90 Å². The number of anilines is 1. The molecule has 1 aliphatic rings. The van der Waals surface area contributed by atoms with Crippen LogP contribution in [0.2, 0.25) is 5.02 Å². The topological polar surface area (TPSA) is 33.2 Å². The standard InChI is InChI=1S/C15H17ClN2OS2/c1-18(13(19)8-15(5-6-15)9-20-2)14-17-11-7-10(16)3-4-12(11)21-14/h3-4,7H,5-6,8-9H2,1-2H3. The van der Waals surface area contributed by atoms with E-state index in [0.29, 0.717) is 11.4 Å². The Kier molecular flexibility index (Phi) is 4.17. The first kappa shape index (κ1) is 15.1. The Hall–Kier alpha value is -0.780. The van der Waals surface area contributed by atoms with Gasteiger partial charge in [-0.3, -0.25) is 9.69 Å². The summed E-state index contributed by atoms with van der Waals surface area (Å²) in [6.45, 7) is 0. The lowest BCUT2D eigenvalue weighted by Gasteiger charge is -2.18. The summed E-state index contributed by atoms with van der Waals surface area (Å²) in [5.74, 6) is 1.23. The first-order valence-electron chi connectivity index (χ1n) is 6.85. The number of aromatic nitrogens is 1. The number of carbonyl (C=O) groups excluding carboxylic acids is 1. The van der Waals surface area contributed by atoms with Gasteiger partial charge in [0, 0.05) is 18.5 Å². The average Bonchev–Trinajstić information content (AvgIpc) is 3.06. The number of amides is 1. The number of thiazole rings is 1. The van der Waals surface area contributed by atoms with Gasteiger partial charge in [-0.15, -0.1) is 0 Å². The summed E-state index contributed by atoms with van der Waals surface area (Å²) in [5, 5.41) is 1.42. The molecule has 0 N–H and O–H groups in total. The Balaban J connectivity index is 1.76. The number of rotatable bonds is 5. The van der Waals surface area contributed by atoms with Crippen LogP contribution in [0.1, 0.15) is 19.3 Å². The molecule has 3 rings (SSSR count). The van der Waals surface area contributed by atoms with E-state index < -0.39 is 0 Å². The molecule has 1 heterocycles. The Morgan fingerprint density at radius 2 is 2.29 bits per heavy atom. The van der Waals surface area contributed by atoms with Crippen LogP contribution < -0.4 is 4.90 Å². The fraction of sp³-hybridized carbons (Fsp3) is 0.467. The van der Waals surface area contributed by atoms with Gasteiger partial charge in [0.1, 0.15) is 0 Å². The molecule has 112 valence electrons. The van der Waals surface area contributed by atoms with Crippen molar-refractivity contribution in [1.29, 1.82) is 0 Å². The lowest BCUT2D eigenvalue weighted by Crippen LogP contribution is -2.29. The van der Waals surface area contributed by atoms with E-state index >= 15 is 0 Å². The minimum absolute atomic E-state index is 0.159. The first-order chi connectivity index (χ1) is 10.0. The highest BCUT2D eigenvalue weighted by atomic mass is 35.5. The van der Waals surface area contributed by atoms with E-state index in [1.807, 2.05) is 37.0 Å². The number of nitrogens with zero attached hydrogens (tertiary/aromatic N) is 2. The minimum Gasteiger partial charge on any atom is -0.291 e. The minimum atomic E-state index is 0.159. The number of hydrogen-bond acceptors (Lipinski definition) is 4. The van der Waals surface area contributed by atoms with Gasteiger partial charge >= 0.3 is 0 Å². The zero-order valence-corrected chi connectivity index (χ0v) is 14.4. The molecule has 6 heteroatoms. The molecule has 1 aromatic heterocycles. The van der Waals surface area contributed by atoms with Gasteiger partial charge in [-0.05, 0) is 48.5 Å². The Bertz CT molecular complexity index is 681. The fourth-order valence-electron chi connectivity index (χ4n) is 2.43. The van der Waals surface area contributed by atoms with Crippen molar-refractivity contribution in [3.05, 3.63) is 23.2 Å². The van der Waals surface area contributed by atoms with Crippen LogP contribution in [-0.4, -0.2) is 29.9 Å². The number of halogens is 1. The Morgan fingerprint density at radius 1 is 1.52 bits per heavy atom. The molecular formula is C15H17ClN2OS2. The van der Waals surface area contributed by atoms with Crippen molar-refractivity contribution < 1.29 is 4.79 Å². The second-order valence-corrected chi connectivity index (χ2v) is 7.98. The van der Waals surface area contributed by atoms with Gasteiger partial charge in [-0.2, -0.15) is 11.8 Å². The molecule has 0 saturated heterocycles. The number of carbonyl (C=O) groups is 1. The molecule has 0 unspecified atom stereocenters. The number of fused-ring (bicyclic) bond motifs is 1. The second kappa shape index (κ2) is 5.78. The van der Waals surface area contributed by atoms with Crippen molar-refractivity contribution in [3.63, 3.8) is 0 Å². The first-order valence-corrected chi connectivity index (χ1v) is 9.43. The number of thioether (sulfide) groups is 1. The van der Waals surface area contributed by atoms with Gasteiger partial charge in [0.2, 0.25) is 5.91 Å². The lowest BCUT2D eigenvalue weighted by atomic mass is 10.1. The zero-order valence-electron chi connectivity index (χ0n) is 12.1. The van der Waals surface area contributed by atoms with Crippen molar-refractivity contribution in [2.75, 3.05) is 24.0 Å². The van der Waals surface area contributed by atoms with Gasteiger partial charge in [-0.1, -0.05) is 22.9 Å². The van der Waals surface area contributed by atoms with Gasteiger partial charge in [0.15, 0.2) is 5.13 Å². The van der Waals surface area contributed by atoms with Crippen LogP contribution in [0.5, 0.6) is 0 Å². The van der Waals surface area contributed by atoms with E-state index in [0.717, 1.165) is 21.1 Å². The largest absolute Gasteiger partial charge is 0.291 e. The van der Waals surface area contributed by atoms with Crippen LogP contribution in [0.4, 0.5) is 5.13 Å². The third kappa shape index (κ3) is 3.20. The lowest BCUT2D eigenvalue weighted by molar-refractivity contribution is -0.119. The van der Waals surface area contributed by atoms with Gasteiger partial charge in [-0.25, -0.2) is 4.98 Å². The average molecular weight is 341 g/mol. The highest BCUT2D eigenvalue weighted by Crippen LogP contribution is 2.51. The maximum Gasteiger partial charge on any atom is 0.229 e. The van der Waals surface area contributed by atoms with Crippen LogP contribution in [-0.2, 0) is 4.79 Å². The van der Waals surface area contributed by atoms with E-state index in [4.69, 9.17) is 11.6 Å². The van der Waals surface area contributed by atoms with E-state index in [-0.39, 0.29) is 11.3 Å². The molecule has 0 atom stereocenters. The highest BCUT2D eigenvalue weighted by molar-refractivity contribution is 7.98. The van der Waals surface area contributed by atoms with Crippen LogP contribution in [0.3, 0.4) is 0 Å². The summed E-state index contributed by atoms with van der Waals surface area (Å²) in [5.41, 5.74) is 1.09. The molecule has 0 spiro atoms. The molecule has 2 aromatic rings. The van der Waals surface area contributed by atoms with Crippen LogP contribution >= 0.6 is 34.7 Å². The quantitative estimate of drug-likeness (QED) is 0.806. The molecule has 1 aliphatic carbocycles. The second-order valence-electron chi connectivity index (χ2n) is 5.67. The monoisotopic (exact) mass is 340 g/mol. The molecule has 3 nitrogen and oxygen atoms in total.